The molecule has 9 heteroatoms. The number of anilines is 1. The minimum absolute atomic E-state index is 0.0812. The number of carbonyl (C=O) groups excluding carboxylic acids is 1. The van der Waals surface area contributed by atoms with Gasteiger partial charge in [-0.15, -0.1) is 0 Å². The first-order valence-corrected chi connectivity index (χ1v) is 12.3. The standard InChI is InChI=1S/C25H28N2O6S/c1-3-32-22-10-6-20(7-11-22)27-34(29,30)24-14-12-23(13-15-24)33-18-25(28)26-17-16-19-4-8-21(31-2)9-5-19/h4-15,27H,3,16-18H2,1-2H3,(H,26,28). The van der Waals surface area contributed by atoms with E-state index in [1.54, 1.807) is 31.4 Å². The molecule has 2 N–H and O–H groups in total. The molecule has 0 fully saturated rings. The molecule has 34 heavy (non-hydrogen) atoms. The molecule has 0 aliphatic carbocycles. The summed E-state index contributed by atoms with van der Waals surface area (Å²) in [5.41, 5.74) is 1.51. The second kappa shape index (κ2) is 11.9. The lowest BCUT2D eigenvalue weighted by Crippen LogP contribution is -2.30. The van der Waals surface area contributed by atoms with Crippen LogP contribution in [-0.4, -0.2) is 41.2 Å². The molecule has 0 saturated heterocycles. The fourth-order valence-corrected chi connectivity index (χ4v) is 4.11. The highest BCUT2D eigenvalue weighted by molar-refractivity contribution is 7.92. The zero-order chi connectivity index (χ0) is 24.4. The lowest BCUT2D eigenvalue weighted by molar-refractivity contribution is -0.123. The Morgan fingerprint density at radius 1 is 0.824 bits per heavy atom. The molecule has 0 spiro atoms. The Morgan fingerprint density at radius 2 is 1.41 bits per heavy atom. The summed E-state index contributed by atoms with van der Waals surface area (Å²) in [5, 5.41) is 2.79. The highest BCUT2D eigenvalue weighted by Crippen LogP contribution is 2.21. The molecule has 0 radical (unpaired) electrons. The van der Waals surface area contributed by atoms with Crippen LogP contribution in [-0.2, 0) is 21.2 Å². The molecule has 180 valence electrons. The van der Waals surface area contributed by atoms with E-state index in [4.69, 9.17) is 14.2 Å². The second-order valence-corrected chi connectivity index (χ2v) is 8.95. The lowest BCUT2D eigenvalue weighted by atomic mass is 10.1. The Hall–Kier alpha value is -3.72. The monoisotopic (exact) mass is 484 g/mol. The molecule has 8 nitrogen and oxygen atoms in total. The van der Waals surface area contributed by atoms with Gasteiger partial charge in [-0.25, -0.2) is 8.42 Å². The van der Waals surface area contributed by atoms with Crippen molar-refractivity contribution in [2.75, 3.05) is 31.6 Å². The first-order valence-electron chi connectivity index (χ1n) is 10.8. The summed E-state index contributed by atoms with van der Waals surface area (Å²) in [6, 6.07) is 20.2. The van der Waals surface area contributed by atoms with Crippen LogP contribution in [0.5, 0.6) is 17.2 Å². The van der Waals surface area contributed by atoms with Gasteiger partial charge in [0.05, 0.1) is 18.6 Å². The van der Waals surface area contributed by atoms with Gasteiger partial charge in [0, 0.05) is 12.2 Å². The topological polar surface area (TPSA) is 103 Å². The number of benzene rings is 3. The Labute approximate surface area is 199 Å². The number of sulfonamides is 1. The molecule has 0 bridgehead atoms. The zero-order valence-corrected chi connectivity index (χ0v) is 19.9. The number of nitrogens with one attached hydrogen (secondary N) is 2. The van der Waals surface area contributed by atoms with Crippen molar-refractivity contribution in [3.8, 4) is 17.2 Å². The molecule has 0 heterocycles. The Morgan fingerprint density at radius 3 is 2.03 bits per heavy atom. The van der Waals surface area contributed by atoms with Gasteiger partial charge in [0.1, 0.15) is 17.2 Å². The van der Waals surface area contributed by atoms with Crippen LogP contribution in [0.4, 0.5) is 5.69 Å². The van der Waals surface area contributed by atoms with E-state index in [0.29, 0.717) is 36.8 Å². The first kappa shape index (κ1) is 24.9. The number of hydrogen-bond acceptors (Lipinski definition) is 6. The second-order valence-electron chi connectivity index (χ2n) is 7.27. The third kappa shape index (κ3) is 7.41. The van der Waals surface area contributed by atoms with Crippen LogP contribution < -0.4 is 24.2 Å². The van der Waals surface area contributed by atoms with Gasteiger partial charge < -0.3 is 19.5 Å². The minimum Gasteiger partial charge on any atom is -0.497 e. The van der Waals surface area contributed by atoms with Crippen LogP contribution in [0.15, 0.2) is 77.7 Å². The fraction of sp³-hybridized carbons (Fsp3) is 0.240. The van der Waals surface area contributed by atoms with Gasteiger partial charge >= 0.3 is 0 Å². The van der Waals surface area contributed by atoms with E-state index in [9.17, 15) is 13.2 Å². The van der Waals surface area contributed by atoms with Gasteiger partial charge in [-0.3, -0.25) is 9.52 Å². The van der Waals surface area contributed by atoms with Crippen molar-refractivity contribution in [1.82, 2.24) is 5.32 Å². The van der Waals surface area contributed by atoms with Crippen LogP contribution >= 0.6 is 0 Å². The van der Waals surface area contributed by atoms with Crippen molar-refractivity contribution in [2.45, 2.75) is 18.2 Å². The normalized spacial score (nSPS) is 10.9. The largest absolute Gasteiger partial charge is 0.497 e. The third-order valence-electron chi connectivity index (χ3n) is 4.82. The third-order valence-corrected chi connectivity index (χ3v) is 6.21. The van der Waals surface area contributed by atoms with Crippen molar-refractivity contribution in [3.05, 3.63) is 78.4 Å². The van der Waals surface area contributed by atoms with Crippen molar-refractivity contribution in [2.24, 2.45) is 0 Å². The maximum atomic E-state index is 12.6. The summed E-state index contributed by atoms with van der Waals surface area (Å²) in [5.74, 6) is 1.58. The number of rotatable bonds is 12. The number of methoxy groups -OCH3 is 1. The average molecular weight is 485 g/mol. The molecule has 0 aliphatic rings. The molecule has 3 rings (SSSR count). The summed E-state index contributed by atoms with van der Waals surface area (Å²) in [4.78, 5) is 12.1. The first-order chi connectivity index (χ1) is 16.4. The minimum atomic E-state index is -3.76. The maximum Gasteiger partial charge on any atom is 0.261 e. The molecule has 3 aromatic carbocycles. The van der Waals surface area contributed by atoms with Gasteiger partial charge in [0.2, 0.25) is 0 Å². The van der Waals surface area contributed by atoms with Crippen molar-refractivity contribution in [3.63, 3.8) is 0 Å². The Kier molecular flexibility index (Phi) is 8.75. The summed E-state index contributed by atoms with van der Waals surface area (Å²) in [6.07, 6.45) is 0.684. The molecule has 0 atom stereocenters. The predicted octanol–water partition coefficient (Wildman–Crippen LogP) is 3.63. The van der Waals surface area contributed by atoms with E-state index >= 15 is 0 Å². The van der Waals surface area contributed by atoms with Crippen molar-refractivity contribution >= 4 is 21.6 Å². The van der Waals surface area contributed by atoms with Crippen molar-refractivity contribution < 1.29 is 27.4 Å². The number of carbonyl (C=O) groups is 1. The van der Waals surface area contributed by atoms with Crippen LogP contribution in [0, 0.1) is 0 Å². The summed E-state index contributed by atoms with van der Waals surface area (Å²) in [6.45, 7) is 2.72. The van der Waals surface area contributed by atoms with Gasteiger partial charge in [-0.1, -0.05) is 12.1 Å². The summed E-state index contributed by atoms with van der Waals surface area (Å²) < 4.78 is 43.7. The maximum absolute atomic E-state index is 12.6. The molecule has 0 aliphatic heterocycles. The van der Waals surface area contributed by atoms with Crippen molar-refractivity contribution in [1.29, 1.82) is 0 Å². The van der Waals surface area contributed by atoms with Gasteiger partial charge in [0.15, 0.2) is 6.61 Å². The Bertz CT molecular complexity index is 1160. The van der Waals surface area contributed by atoms with E-state index in [-0.39, 0.29) is 17.4 Å². The number of ether oxygens (including phenoxy) is 3. The fourth-order valence-electron chi connectivity index (χ4n) is 3.05. The number of hydrogen-bond donors (Lipinski definition) is 2. The molecular formula is C25H28N2O6S. The molecular weight excluding hydrogens is 456 g/mol. The van der Waals surface area contributed by atoms with E-state index < -0.39 is 10.0 Å². The van der Waals surface area contributed by atoms with Crippen LogP contribution in [0.2, 0.25) is 0 Å². The lowest BCUT2D eigenvalue weighted by Gasteiger charge is -2.11. The molecule has 0 saturated carbocycles. The predicted molar refractivity (Wildman–Crippen MR) is 130 cm³/mol. The smallest absolute Gasteiger partial charge is 0.261 e. The van der Waals surface area contributed by atoms with E-state index in [0.717, 1.165) is 11.3 Å². The SMILES string of the molecule is CCOc1ccc(NS(=O)(=O)c2ccc(OCC(=O)NCCc3ccc(OC)cc3)cc2)cc1. The quantitative estimate of drug-likeness (QED) is 0.407. The van der Waals surface area contributed by atoms with Gasteiger partial charge in [-0.2, -0.15) is 0 Å². The number of amides is 1. The highest BCUT2D eigenvalue weighted by atomic mass is 32.2. The highest BCUT2D eigenvalue weighted by Gasteiger charge is 2.14. The Balaban J connectivity index is 1.45. The van der Waals surface area contributed by atoms with E-state index in [1.807, 2.05) is 31.2 Å². The molecule has 3 aromatic rings. The molecule has 0 unspecified atom stereocenters. The molecule has 1 amide bonds. The van der Waals surface area contributed by atoms with E-state index in [2.05, 4.69) is 10.0 Å². The van der Waals surface area contributed by atoms with E-state index in [1.165, 1.54) is 24.3 Å². The van der Waals surface area contributed by atoms with Crippen LogP contribution in [0.25, 0.3) is 0 Å². The molecule has 0 aromatic heterocycles. The van der Waals surface area contributed by atoms with Crippen LogP contribution in [0.3, 0.4) is 0 Å². The van der Waals surface area contributed by atoms with Crippen LogP contribution in [0.1, 0.15) is 12.5 Å². The van der Waals surface area contributed by atoms with Gasteiger partial charge in [-0.05, 0) is 79.6 Å². The average Bonchev–Trinajstić information content (AvgIpc) is 2.85. The summed E-state index contributed by atoms with van der Waals surface area (Å²) in [7, 11) is -2.15. The summed E-state index contributed by atoms with van der Waals surface area (Å²) >= 11 is 0. The van der Waals surface area contributed by atoms with Gasteiger partial charge in [0.25, 0.3) is 15.9 Å². The zero-order valence-electron chi connectivity index (χ0n) is 19.1.